The zero-order valence-electron chi connectivity index (χ0n) is 7.89. The molecule has 0 radical (unpaired) electrons. The molecule has 0 saturated carbocycles. The zero-order chi connectivity index (χ0) is 11.7. The lowest BCUT2D eigenvalue weighted by atomic mass is 10.4. The van der Waals surface area contributed by atoms with Crippen LogP contribution in [0, 0.1) is 0 Å². The third-order valence-corrected chi connectivity index (χ3v) is 0.852. The Labute approximate surface area is 86.8 Å². The van der Waals surface area contributed by atoms with Crippen LogP contribution in [0.4, 0.5) is 4.79 Å². The summed E-state index contributed by atoms with van der Waals surface area (Å²) in [7, 11) is 0. The second-order valence-electron chi connectivity index (χ2n) is 2.42. The summed E-state index contributed by atoms with van der Waals surface area (Å²) in [6, 6.07) is 0.260. The molecular formula is C6H14N4O3S. The van der Waals surface area contributed by atoms with Crippen molar-refractivity contribution < 1.29 is 15.0 Å². The highest BCUT2D eigenvalue weighted by molar-refractivity contribution is 7.80. The Morgan fingerprint density at radius 2 is 1.79 bits per heavy atom. The first-order valence-electron chi connectivity index (χ1n) is 3.57. The van der Waals surface area contributed by atoms with Gasteiger partial charge in [0.2, 0.25) is 0 Å². The van der Waals surface area contributed by atoms with E-state index in [9.17, 15) is 0 Å². The van der Waals surface area contributed by atoms with Crippen LogP contribution in [-0.4, -0.2) is 33.5 Å². The highest BCUT2D eigenvalue weighted by Gasteiger charge is 1.94. The van der Waals surface area contributed by atoms with Crippen molar-refractivity contribution in [3.8, 4) is 0 Å². The van der Waals surface area contributed by atoms with Crippen LogP contribution < -0.4 is 16.8 Å². The van der Waals surface area contributed by atoms with Crippen molar-refractivity contribution in [2.24, 2.45) is 16.5 Å². The lowest BCUT2D eigenvalue weighted by Gasteiger charge is -2.05. The first-order chi connectivity index (χ1) is 6.25. The molecule has 0 saturated heterocycles. The second kappa shape index (κ2) is 8.05. The van der Waals surface area contributed by atoms with E-state index in [1.807, 2.05) is 13.8 Å². The summed E-state index contributed by atoms with van der Waals surface area (Å²) in [5.74, 6) is -0.0156. The topological polar surface area (TPSA) is 134 Å². The van der Waals surface area contributed by atoms with Crippen molar-refractivity contribution >= 4 is 29.4 Å². The maximum absolute atomic E-state index is 8.56. The summed E-state index contributed by atoms with van der Waals surface area (Å²) in [5.41, 5.74) is 10.1. The minimum absolute atomic E-state index is 0.0156. The number of hydrogen-bond donors (Lipinski definition) is 5. The number of guanidine groups is 1. The standard InChI is InChI=1S/C5H12N4S.CH2O3/c1-3(2)8-5(10)9-4(6)7;2-1(3)4/h3H,1-2H3,(H5,6,7,8,9,10);(H2,2,3,4). The van der Waals surface area contributed by atoms with E-state index in [-0.39, 0.29) is 12.0 Å². The average Bonchev–Trinajstić information content (AvgIpc) is 1.79. The Morgan fingerprint density at radius 1 is 1.43 bits per heavy atom. The first-order valence-corrected chi connectivity index (χ1v) is 3.98. The number of nitrogens with one attached hydrogen (secondary N) is 1. The number of hydrogen-bond acceptors (Lipinski definition) is 2. The monoisotopic (exact) mass is 222 g/mol. The molecule has 0 aromatic carbocycles. The third kappa shape index (κ3) is 22.4. The lowest BCUT2D eigenvalue weighted by Crippen LogP contribution is -2.31. The fraction of sp³-hybridized carbons (Fsp3) is 0.500. The van der Waals surface area contributed by atoms with Crippen molar-refractivity contribution in [3.05, 3.63) is 0 Å². The van der Waals surface area contributed by atoms with E-state index in [0.717, 1.165) is 0 Å². The molecule has 8 heteroatoms. The molecule has 0 spiro atoms. The molecule has 0 aliphatic carbocycles. The van der Waals surface area contributed by atoms with Gasteiger partial charge in [-0.2, -0.15) is 4.99 Å². The number of carboxylic acid groups (broad SMARTS) is 2. The molecule has 0 aromatic heterocycles. The maximum atomic E-state index is 8.56. The molecule has 82 valence electrons. The Morgan fingerprint density at radius 3 is 2.00 bits per heavy atom. The van der Waals surface area contributed by atoms with Gasteiger partial charge in [0.1, 0.15) is 0 Å². The summed E-state index contributed by atoms with van der Waals surface area (Å²) in [5, 5.41) is 17.1. The van der Waals surface area contributed by atoms with Crippen molar-refractivity contribution in [2.75, 3.05) is 0 Å². The van der Waals surface area contributed by atoms with Crippen LogP contribution >= 0.6 is 12.2 Å². The average molecular weight is 222 g/mol. The second-order valence-corrected chi connectivity index (χ2v) is 2.81. The van der Waals surface area contributed by atoms with Crippen molar-refractivity contribution in [1.82, 2.24) is 5.32 Å². The minimum Gasteiger partial charge on any atom is -0.450 e. The van der Waals surface area contributed by atoms with E-state index >= 15 is 0 Å². The molecule has 0 unspecified atom stereocenters. The van der Waals surface area contributed by atoms with Gasteiger partial charge in [-0.15, -0.1) is 0 Å². The molecule has 0 fully saturated rings. The van der Waals surface area contributed by atoms with E-state index in [4.69, 9.17) is 38.7 Å². The Kier molecular flexibility index (Phi) is 8.58. The predicted octanol–water partition coefficient (Wildman–Crippen LogP) is -0.235. The Hall–Kier alpha value is -1.57. The number of carbonyl (C=O) groups is 1. The minimum atomic E-state index is -1.83. The molecule has 0 aliphatic rings. The van der Waals surface area contributed by atoms with Crippen LogP contribution in [-0.2, 0) is 0 Å². The molecular weight excluding hydrogens is 208 g/mol. The fourth-order valence-corrected chi connectivity index (χ4v) is 0.738. The molecule has 0 atom stereocenters. The van der Waals surface area contributed by atoms with Crippen LogP contribution in [0.2, 0.25) is 0 Å². The Balaban J connectivity index is 0. The molecule has 0 bridgehead atoms. The van der Waals surface area contributed by atoms with E-state index in [1.165, 1.54) is 0 Å². The predicted molar refractivity (Wildman–Crippen MR) is 57.3 cm³/mol. The van der Waals surface area contributed by atoms with E-state index in [0.29, 0.717) is 5.11 Å². The molecule has 0 rings (SSSR count). The highest BCUT2D eigenvalue weighted by Crippen LogP contribution is 1.80. The van der Waals surface area contributed by atoms with Gasteiger partial charge in [-0.05, 0) is 26.1 Å². The molecule has 0 amide bonds. The van der Waals surface area contributed by atoms with Gasteiger partial charge in [-0.25, -0.2) is 4.79 Å². The summed E-state index contributed by atoms with van der Waals surface area (Å²) in [4.78, 5) is 12.2. The van der Waals surface area contributed by atoms with Crippen LogP contribution in [0.25, 0.3) is 0 Å². The van der Waals surface area contributed by atoms with Crippen molar-refractivity contribution in [1.29, 1.82) is 0 Å². The van der Waals surface area contributed by atoms with Gasteiger partial charge in [0.25, 0.3) is 0 Å². The van der Waals surface area contributed by atoms with Crippen molar-refractivity contribution in [2.45, 2.75) is 19.9 Å². The number of aliphatic imine (C=N–C) groups is 1. The number of rotatable bonds is 1. The number of nitrogens with two attached hydrogens (primary N) is 2. The van der Waals surface area contributed by atoms with Gasteiger partial charge in [-0.1, -0.05) is 0 Å². The summed E-state index contributed by atoms with van der Waals surface area (Å²) in [6.07, 6.45) is -1.83. The molecule has 0 aliphatic heterocycles. The maximum Gasteiger partial charge on any atom is 0.503 e. The third-order valence-electron chi connectivity index (χ3n) is 0.643. The SMILES string of the molecule is CC(C)NC(=S)N=C(N)N.O=C(O)O. The first kappa shape index (κ1) is 14.9. The molecule has 14 heavy (non-hydrogen) atoms. The van der Waals surface area contributed by atoms with E-state index < -0.39 is 6.16 Å². The molecule has 7 nitrogen and oxygen atoms in total. The van der Waals surface area contributed by atoms with E-state index in [2.05, 4.69) is 10.3 Å². The summed E-state index contributed by atoms with van der Waals surface area (Å²) in [6.45, 7) is 3.91. The number of thiocarbonyl (C=S) groups is 1. The lowest BCUT2D eigenvalue weighted by molar-refractivity contribution is 0.137. The van der Waals surface area contributed by atoms with Gasteiger partial charge in [0, 0.05) is 6.04 Å². The van der Waals surface area contributed by atoms with E-state index in [1.54, 1.807) is 0 Å². The smallest absolute Gasteiger partial charge is 0.450 e. The van der Waals surface area contributed by atoms with Gasteiger partial charge in [-0.3, -0.25) is 0 Å². The van der Waals surface area contributed by atoms with Crippen LogP contribution in [0.15, 0.2) is 4.99 Å². The van der Waals surface area contributed by atoms with Crippen LogP contribution in [0.3, 0.4) is 0 Å². The fourth-order valence-electron chi connectivity index (χ4n) is 0.396. The normalized spacial score (nSPS) is 8.21. The summed E-state index contributed by atoms with van der Waals surface area (Å²) < 4.78 is 0. The van der Waals surface area contributed by atoms with Crippen molar-refractivity contribution in [3.63, 3.8) is 0 Å². The number of nitrogens with zero attached hydrogens (tertiary/aromatic N) is 1. The van der Waals surface area contributed by atoms with Crippen LogP contribution in [0.5, 0.6) is 0 Å². The highest BCUT2D eigenvalue weighted by atomic mass is 32.1. The van der Waals surface area contributed by atoms with Gasteiger partial charge < -0.3 is 27.0 Å². The van der Waals surface area contributed by atoms with Gasteiger partial charge in [0.15, 0.2) is 11.1 Å². The Bertz CT molecular complexity index is 221. The molecule has 0 aromatic rings. The zero-order valence-corrected chi connectivity index (χ0v) is 8.71. The quantitative estimate of drug-likeness (QED) is 0.235. The van der Waals surface area contributed by atoms with Gasteiger partial charge >= 0.3 is 6.16 Å². The molecule has 0 heterocycles. The van der Waals surface area contributed by atoms with Crippen LogP contribution in [0.1, 0.15) is 13.8 Å². The largest absolute Gasteiger partial charge is 0.503 e. The summed E-state index contributed by atoms with van der Waals surface area (Å²) >= 11 is 4.75. The molecule has 7 N–H and O–H groups in total. The van der Waals surface area contributed by atoms with Gasteiger partial charge in [0.05, 0.1) is 0 Å².